The van der Waals surface area contributed by atoms with E-state index in [1.807, 2.05) is 17.0 Å². The molecule has 0 spiro atoms. The van der Waals surface area contributed by atoms with E-state index in [0.29, 0.717) is 13.0 Å². The number of nitrogens with one attached hydrogen (secondary N) is 1. The molecule has 2 aromatic carbocycles. The van der Waals surface area contributed by atoms with Gasteiger partial charge in [-0.3, -0.25) is 5.10 Å². The first-order valence-electron chi connectivity index (χ1n) is 10.2. The van der Waals surface area contributed by atoms with Crippen LogP contribution in [0.5, 0.6) is 0 Å². The van der Waals surface area contributed by atoms with Gasteiger partial charge >= 0.3 is 0 Å². The molecule has 0 radical (unpaired) electrons. The summed E-state index contributed by atoms with van der Waals surface area (Å²) in [6.45, 7) is 0.560. The van der Waals surface area contributed by atoms with E-state index in [9.17, 15) is 4.79 Å². The van der Waals surface area contributed by atoms with E-state index in [2.05, 4.69) is 62.6 Å². The number of anilines is 1. The van der Waals surface area contributed by atoms with Crippen molar-refractivity contribution in [3.63, 3.8) is 0 Å². The molecule has 0 aliphatic carbocycles. The lowest BCUT2D eigenvalue weighted by molar-refractivity contribution is -0.108. The van der Waals surface area contributed by atoms with Gasteiger partial charge in [-0.25, -0.2) is 9.97 Å². The first kappa shape index (κ1) is 18.7. The molecule has 0 aliphatic heterocycles. The number of nitrogen functional groups attached to an aromatic ring is 1. The maximum absolute atomic E-state index is 11.0. The largest absolute Gasteiger partial charge is 0.368 e. The van der Waals surface area contributed by atoms with Crippen LogP contribution in [0.2, 0.25) is 0 Å². The van der Waals surface area contributed by atoms with Crippen LogP contribution in [0.25, 0.3) is 53.6 Å². The molecule has 0 amide bonds. The molecule has 156 valence electrons. The van der Waals surface area contributed by atoms with Gasteiger partial charge in [0.2, 0.25) is 5.95 Å². The fourth-order valence-corrected chi connectivity index (χ4v) is 5.28. The molecular weight excluding hydrogens is 420 g/mol. The van der Waals surface area contributed by atoms with Gasteiger partial charge in [0.1, 0.15) is 11.8 Å². The van der Waals surface area contributed by atoms with E-state index < -0.39 is 0 Å². The number of carbonyl (C=O) groups excluding carboxylic acids is 1. The van der Waals surface area contributed by atoms with Crippen LogP contribution in [0, 0.1) is 0 Å². The Bertz CT molecular complexity index is 1590. The maximum Gasteiger partial charge on any atom is 0.220 e. The lowest BCUT2D eigenvalue weighted by atomic mass is 10.0. The molecule has 6 rings (SSSR count). The zero-order valence-electron chi connectivity index (χ0n) is 16.9. The fourth-order valence-electron chi connectivity index (χ4n) is 4.19. The quantitative estimate of drug-likeness (QED) is 0.368. The summed E-state index contributed by atoms with van der Waals surface area (Å²) in [7, 11) is 0. The van der Waals surface area contributed by atoms with Crippen LogP contribution in [-0.2, 0) is 11.3 Å². The number of aldehydes is 1. The second-order valence-corrected chi connectivity index (χ2v) is 8.74. The molecule has 0 fully saturated rings. The number of aryl methyl sites for hydroxylation is 1. The van der Waals surface area contributed by atoms with E-state index in [0.717, 1.165) is 44.9 Å². The number of H-pyrrole nitrogens is 1. The number of rotatable bonds is 5. The lowest BCUT2D eigenvalue weighted by Crippen LogP contribution is -1.98. The third kappa shape index (κ3) is 2.96. The van der Waals surface area contributed by atoms with Gasteiger partial charge in [-0.1, -0.05) is 18.2 Å². The number of hydrogen-bond acceptors (Lipinski definition) is 6. The Kier molecular flexibility index (Phi) is 4.26. The number of aromatic amines is 1. The van der Waals surface area contributed by atoms with Crippen molar-refractivity contribution < 1.29 is 4.79 Å². The van der Waals surface area contributed by atoms with Crippen LogP contribution in [0.3, 0.4) is 0 Å². The number of nitrogens with zero attached hydrogens (tertiary/aromatic N) is 4. The molecule has 0 bridgehead atoms. The highest BCUT2D eigenvalue weighted by atomic mass is 32.1. The monoisotopic (exact) mass is 438 g/mol. The van der Waals surface area contributed by atoms with Crippen molar-refractivity contribution >= 4 is 55.6 Å². The van der Waals surface area contributed by atoms with Crippen LogP contribution in [0.15, 0.2) is 61.1 Å². The van der Waals surface area contributed by atoms with Crippen molar-refractivity contribution in [3.8, 4) is 21.6 Å². The number of benzene rings is 2. The molecular formula is C24H18N6OS. The van der Waals surface area contributed by atoms with Gasteiger partial charge in [0.15, 0.2) is 0 Å². The first-order chi connectivity index (χ1) is 15.7. The number of hydrogen-bond donors (Lipinski definition) is 2. The van der Waals surface area contributed by atoms with Gasteiger partial charge in [-0.15, -0.1) is 11.3 Å². The number of fused-ring (bicyclic) bond motifs is 3. The van der Waals surface area contributed by atoms with E-state index in [-0.39, 0.29) is 5.95 Å². The number of nitrogens with two attached hydrogens (primary N) is 1. The molecule has 0 saturated heterocycles. The molecule has 4 heterocycles. The Labute approximate surface area is 186 Å². The van der Waals surface area contributed by atoms with Gasteiger partial charge in [0, 0.05) is 45.3 Å². The second-order valence-electron chi connectivity index (χ2n) is 7.66. The Morgan fingerprint density at radius 3 is 2.88 bits per heavy atom. The predicted molar refractivity (Wildman–Crippen MR) is 129 cm³/mol. The minimum atomic E-state index is 0.223. The van der Waals surface area contributed by atoms with Gasteiger partial charge < -0.3 is 15.1 Å². The second kappa shape index (κ2) is 7.28. The molecule has 4 aromatic heterocycles. The highest BCUT2D eigenvalue weighted by Gasteiger charge is 2.17. The van der Waals surface area contributed by atoms with E-state index >= 15 is 0 Å². The van der Waals surface area contributed by atoms with E-state index in [1.165, 1.54) is 15.0 Å². The smallest absolute Gasteiger partial charge is 0.220 e. The summed E-state index contributed by atoms with van der Waals surface area (Å²) in [5.41, 5.74) is 11.6. The van der Waals surface area contributed by atoms with E-state index in [4.69, 9.17) is 5.73 Å². The van der Waals surface area contributed by atoms with Crippen molar-refractivity contribution in [2.75, 3.05) is 5.73 Å². The fraction of sp³-hybridized carbons (Fsp3) is 0.0833. The molecule has 0 aliphatic rings. The number of carbonyl (C=O) groups is 1. The molecule has 32 heavy (non-hydrogen) atoms. The predicted octanol–water partition coefficient (Wildman–Crippen LogP) is 5.03. The van der Waals surface area contributed by atoms with Crippen LogP contribution >= 0.6 is 11.3 Å². The Balaban J connectivity index is 1.60. The normalized spacial score (nSPS) is 11.6. The highest BCUT2D eigenvalue weighted by molar-refractivity contribution is 7.22. The van der Waals surface area contributed by atoms with Crippen molar-refractivity contribution in [1.29, 1.82) is 0 Å². The molecule has 3 N–H and O–H groups in total. The van der Waals surface area contributed by atoms with Crippen LogP contribution in [0.1, 0.15) is 6.42 Å². The summed E-state index contributed by atoms with van der Waals surface area (Å²) in [4.78, 5) is 20.8. The molecule has 8 heteroatoms. The average molecular weight is 439 g/mol. The number of aromatic nitrogens is 5. The molecule has 0 atom stereocenters. The van der Waals surface area contributed by atoms with Crippen molar-refractivity contribution in [2.45, 2.75) is 13.0 Å². The maximum atomic E-state index is 11.0. The van der Waals surface area contributed by atoms with Crippen LogP contribution in [0.4, 0.5) is 5.95 Å². The van der Waals surface area contributed by atoms with E-state index in [1.54, 1.807) is 17.5 Å². The van der Waals surface area contributed by atoms with Crippen molar-refractivity contribution in [2.24, 2.45) is 0 Å². The van der Waals surface area contributed by atoms with Crippen LogP contribution in [-0.4, -0.2) is 31.0 Å². The molecule has 6 aromatic rings. The highest BCUT2D eigenvalue weighted by Crippen LogP contribution is 2.40. The molecule has 0 saturated carbocycles. The summed E-state index contributed by atoms with van der Waals surface area (Å²) in [6.07, 6.45) is 6.92. The number of thiophene rings is 1. The Morgan fingerprint density at radius 2 is 2.00 bits per heavy atom. The van der Waals surface area contributed by atoms with Crippen molar-refractivity contribution in [1.82, 2.24) is 24.7 Å². The summed E-state index contributed by atoms with van der Waals surface area (Å²) in [5, 5.41) is 9.68. The summed E-state index contributed by atoms with van der Waals surface area (Å²) >= 11 is 1.76. The SMILES string of the molecule is Nc1ncc2c(n1)c(-c1cc(-c3cc4ccccc4s3)c3[nH]ncc3c1)cn2CCC=O. The van der Waals surface area contributed by atoms with Crippen LogP contribution < -0.4 is 5.73 Å². The third-order valence-electron chi connectivity index (χ3n) is 5.68. The summed E-state index contributed by atoms with van der Waals surface area (Å²) in [5.74, 6) is 0.223. The Morgan fingerprint density at radius 1 is 1.09 bits per heavy atom. The zero-order valence-corrected chi connectivity index (χ0v) is 17.8. The average Bonchev–Trinajstić information content (AvgIpc) is 3.53. The summed E-state index contributed by atoms with van der Waals surface area (Å²) < 4.78 is 3.25. The van der Waals surface area contributed by atoms with Gasteiger partial charge in [0.05, 0.1) is 23.4 Å². The van der Waals surface area contributed by atoms with Gasteiger partial charge in [0.25, 0.3) is 0 Å². The minimum Gasteiger partial charge on any atom is -0.368 e. The molecule has 0 unspecified atom stereocenters. The molecule has 7 nitrogen and oxygen atoms in total. The van der Waals surface area contributed by atoms with Gasteiger partial charge in [-0.2, -0.15) is 5.10 Å². The van der Waals surface area contributed by atoms with Gasteiger partial charge in [-0.05, 0) is 35.2 Å². The summed E-state index contributed by atoms with van der Waals surface area (Å²) in [6, 6.07) is 14.9. The first-order valence-corrected chi connectivity index (χ1v) is 11.0. The standard InChI is InChI=1S/C24H18N6OS/c25-24-26-12-19-23(28-24)18(13-30(19)6-3-7-31)15-8-16-11-27-29-22(16)17(9-15)21-10-14-4-1-2-5-20(14)32-21/h1-2,4-5,7-13H,3,6H2,(H,27,29)(H2,25,26,28). The third-order valence-corrected chi connectivity index (χ3v) is 6.83. The minimum absolute atomic E-state index is 0.223. The topological polar surface area (TPSA) is 102 Å². The zero-order chi connectivity index (χ0) is 21.7. The van der Waals surface area contributed by atoms with Crippen molar-refractivity contribution in [3.05, 3.63) is 61.1 Å². The lowest BCUT2D eigenvalue weighted by Gasteiger charge is -2.06. The Hall–Kier alpha value is -4.04.